The van der Waals surface area contributed by atoms with Crippen molar-refractivity contribution in [2.45, 2.75) is 13.5 Å². The Labute approximate surface area is 118 Å². The van der Waals surface area contributed by atoms with Crippen molar-refractivity contribution in [3.05, 3.63) is 70.2 Å². The summed E-state index contributed by atoms with van der Waals surface area (Å²) in [6, 6.07) is 15.9. The van der Waals surface area contributed by atoms with Crippen LogP contribution in [0.2, 0.25) is 5.02 Å². The van der Waals surface area contributed by atoms with Crippen molar-refractivity contribution in [2.24, 2.45) is 0 Å². The lowest BCUT2D eigenvalue weighted by Gasteiger charge is -2.17. The van der Waals surface area contributed by atoms with Crippen LogP contribution in [-0.2, 0) is 6.54 Å². The van der Waals surface area contributed by atoms with Crippen LogP contribution in [0.3, 0.4) is 0 Å². The van der Waals surface area contributed by atoms with Crippen molar-refractivity contribution in [1.29, 1.82) is 0 Å². The molecule has 0 fully saturated rings. The largest absolute Gasteiger partial charge is 0.337 e. The van der Waals surface area contributed by atoms with Gasteiger partial charge in [-0.25, -0.2) is 0 Å². The van der Waals surface area contributed by atoms with E-state index in [-0.39, 0.29) is 5.91 Å². The summed E-state index contributed by atoms with van der Waals surface area (Å²) in [6.45, 7) is 2.48. The van der Waals surface area contributed by atoms with E-state index < -0.39 is 0 Å². The molecule has 19 heavy (non-hydrogen) atoms. The summed E-state index contributed by atoms with van der Waals surface area (Å²) < 4.78 is 0. The van der Waals surface area contributed by atoms with E-state index in [4.69, 9.17) is 11.6 Å². The Morgan fingerprint density at radius 2 is 2.11 bits per heavy atom. The predicted molar refractivity (Wildman–Crippen MR) is 77.3 cm³/mol. The first-order chi connectivity index (χ1) is 9.06. The number of halogens is 1. The van der Waals surface area contributed by atoms with E-state index in [9.17, 15) is 4.79 Å². The Hall–Kier alpha value is -1.80. The third-order valence-electron chi connectivity index (χ3n) is 2.84. The summed E-state index contributed by atoms with van der Waals surface area (Å²) >= 11 is 5.94. The maximum atomic E-state index is 12.3. The molecule has 0 unspecified atom stereocenters. The molecule has 0 aliphatic rings. The molecule has 0 aliphatic heterocycles. The maximum Gasteiger partial charge on any atom is 0.253 e. The average Bonchev–Trinajstić information content (AvgIpc) is 2.38. The smallest absolute Gasteiger partial charge is 0.253 e. The highest BCUT2D eigenvalue weighted by Crippen LogP contribution is 2.14. The second-order valence-corrected chi connectivity index (χ2v) is 5.03. The Kier molecular flexibility index (Phi) is 4.23. The van der Waals surface area contributed by atoms with E-state index in [1.54, 1.807) is 18.0 Å². The molecule has 0 bridgehead atoms. The van der Waals surface area contributed by atoms with Crippen LogP contribution in [-0.4, -0.2) is 17.9 Å². The quantitative estimate of drug-likeness (QED) is 0.834. The number of nitrogens with zero attached hydrogens (tertiary/aromatic N) is 1. The normalized spacial score (nSPS) is 10.3. The van der Waals surface area contributed by atoms with Gasteiger partial charge in [-0.2, -0.15) is 0 Å². The number of carbonyl (C=O) groups is 1. The number of aryl methyl sites for hydroxylation is 1. The molecule has 0 aromatic heterocycles. The first-order valence-electron chi connectivity index (χ1n) is 6.04. The molecule has 0 spiro atoms. The standard InChI is InChI=1S/C16H15ClNO/c1-12-5-3-7-14(9-12)16(19)18(2)11-13-6-4-8-15(17)10-13/h4-10H,11H2,1-2H3. The first-order valence-corrected chi connectivity index (χ1v) is 6.42. The van der Waals surface area contributed by atoms with Crippen molar-refractivity contribution in [3.8, 4) is 0 Å². The molecule has 97 valence electrons. The second-order valence-electron chi connectivity index (χ2n) is 4.59. The van der Waals surface area contributed by atoms with Gasteiger partial charge in [0, 0.05) is 24.2 Å². The summed E-state index contributed by atoms with van der Waals surface area (Å²) in [4.78, 5) is 13.9. The molecule has 2 aromatic carbocycles. The number of rotatable bonds is 3. The number of hydrogen-bond donors (Lipinski definition) is 0. The zero-order valence-electron chi connectivity index (χ0n) is 11.0. The van der Waals surface area contributed by atoms with Gasteiger partial charge in [0.15, 0.2) is 0 Å². The Morgan fingerprint density at radius 3 is 2.79 bits per heavy atom. The van der Waals surface area contributed by atoms with E-state index in [1.165, 1.54) is 0 Å². The summed E-state index contributed by atoms with van der Waals surface area (Å²) in [7, 11) is 1.78. The highest BCUT2D eigenvalue weighted by atomic mass is 35.5. The first kappa shape index (κ1) is 13.6. The topological polar surface area (TPSA) is 20.3 Å². The third kappa shape index (κ3) is 3.58. The highest BCUT2D eigenvalue weighted by Gasteiger charge is 2.12. The van der Waals surface area contributed by atoms with Crippen LogP contribution in [0, 0.1) is 13.0 Å². The van der Waals surface area contributed by atoms with Gasteiger partial charge in [-0.3, -0.25) is 4.79 Å². The van der Waals surface area contributed by atoms with Crippen molar-refractivity contribution >= 4 is 17.5 Å². The van der Waals surface area contributed by atoms with Crippen LogP contribution in [0.25, 0.3) is 0 Å². The molecule has 2 aromatic rings. The molecule has 1 amide bonds. The number of amides is 1. The second kappa shape index (κ2) is 5.89. The number of hydrogen-bond acceptors (Lipinski definition) is 1. The average molecular weight is 273 g/mol. The lowest BCUT2D eigenvalue weighted by atomic mass is 10.1. The van der Waals surface area contributed by atoms with Gasteiger partial charge >= 0.3 is 0 Å². The summed E-state index contributed by atoms with van der Waals surface area (Å²) in [5.41, 5.74) is 2.70. The van der Waals surface area contributed by atoms with Crippen LogP contribution < -0.4 is 0 Å². The minimum absolute atomic E-state index is 0.0140. The molecule has 0 saturated heterocycles. The van der Waals surface area contributed by atoms with Gasteiger partial charge in [0.05, 0.1) is 0 Å². The molecule has 3 heteroatoms. The Morgan fingerprint density at radius 1 is 1.32 bits per heavy atom. The molecule has 0 atom stereocenters. The third-order valence-corrected chi connectivity index (χ3v) is 3.07. The molecule has 0 N–H and O–H groups in total. The zero-order chi connectivity index (χ0) is 13.8. The van der Waals surface area contributed by atoms with Crippen molar-refractivity contribution < 1.29 is 4.79 Å². The summed E-state index contributed by atoms with van der Waals surface area (Å²) in [5.74, 6) is -0.0140. The fourth-order valence-corrected chi connectivity index (χ4v) is 2.13. The predicted octanol–water partition coefficient (Wildman–Crippen LogP) is 3.72. The van der Waals surface area contributed by atoms with E-state index in [0.29, 0.717) is 17.1 Å². The van der Waals surface area contributed by atoms with Gasteiger partial charge in [-0.1, -0.05) is 29.8 Å². The van der Waals surface area contributed by atoms with Crippen LogP contribution in [0.15, 0.2) is 42.5 Å². The molecular formula is C16H15ClNO. The monoisotopic (exact) mass is 272 g/mol. The van der Waals surface area contributed by atoms with E-state index in [2.05, 4.69) is 6.07 Å². The van der Waals surface area contributed by atoms with Crippen molar-refractivity contribution in [1.82, 2.24) is 4.90 Å². The highest BCUT2D eigenvalue weighted by molar-refractivity contribution is 6.30. The van der Waals surface area contributed by atoms with Gasteiger partial charge in [0.1, 0.15) is 0 Å². The van der Waals surface area contributed by atoms with Crippen LogP contribution in [0.5, 0.6) is 0 Å². The number of carbonyl (C=O) groups excluding carboxylic acids is 1. The lowest BCUT2D eigenvalue weighted by molar-refractivity contribution is 0.0785. The summed E-state index contributed by atoms with van der Waals surface area (Å²) in [5, 5.41) is 0.683. The molecular weight excluding hydrogens is 258 g/mol. The van der Waals surface area contributed by atoms with E-state index >= 15 is 0 Å². The fourth-order valence-electron chi connectivity index (χ4n) is 1.92. The van der Waals surface area contributed by atoms with E-state index in [0.717, 1.165) is 11.1 Å². The van der Waals surface area contributed by atoms with Gasteiger partial charge in [0.2, 0.25) is 0 Å². The van der Waals surface area contributed by atoms with Gasteiger partial charge in [-0.15, -0.1) is 0 Å². The van der Waals surface area contributed by atoms with E-state index in [1.807, 2.05) is 43.3 Å². The Bertz CT molecular complexity index is 595. The van der Waals surface area contributed by atoms with Gasteiger partial charge in [-0.05, 0) is 48.4 Å². The van der Waals surface area contributed by atoms with Crippen LogP contribution in [0.1, 0.15) is 21.5 Å². The number of benzene rings is 2. The molecule has 1 radical (unpaired) electrons. The van der Waals surface area contributed by atoms with Crippen molar-refractivity contribution in [3.63, 3.8) is 0 Å². The summed E-state index contributed by atoms with van der Waals surface area (Å²) in [6.07, 6.45) is 0. The molecule has 0 heterocycles. The molecule has 0 aliphatic carbocycles. The SMILES string of the molecule is Cc1c[c]cc(C(=O)N(C)Cc2cccc(Cl)c2)c1. The van der Waals surface area contributed by atoms with Gasteiger partial charge in [0.25, 0.3) is 5.91 Å². The Balaban J connectivity index is 2.12. The fraction of sp³-hybridized carbons (Fsp3) is 0.188. The lowest BCUT2D eigenvalue weighted by Crippen LogP contribution is -2.26. The molecule has 0 saturated carbocycles. The maximum absolute atomic E-state index is 12.3. The minimum Gasteiger partial charge on any atom is -0.337 e. The van der Waals surface area contributed by atoms with Crippen molar-refractivity contribution in [2.75, 3.05) is 7.05 Å². The van der Waals surface area contributed by atoms with Gasteiger partial charge < -0.3 is 4.90 Å². The molecule has 2 nitrogen and oxygen atoms in total. The van der Waals surface area contributed by atoms with Crippen LogP contribution in [0.4, 0.5) is 0 Å². The zero-order valence-corrected chi connectivity index (χ0v) is 11.7. The molecule has 2 rings (SSSR count). The van der Waals surface area contributed by atoms with Crippen LogP contribution >= 0.6 is 11.6 Å². The minimum atomic E-state index is -0.0140.